The van der Waals surface area contributed by atoms with Crippen LogP contribution in [-0.4, -0.2) is 58.3 Å². The van der Waals surface area contributed by atoms with Crippen molar-refractivity contribution in [3.05, 3.63) is 42.6 Å². The van der Waals surface area contributed by atoms with E-state index in [9.17, 15) is 26.4 Å². The number of carbonyl (C=O) groups is 1. The smallest absolute Gasteiger partial charge is 0.295 e. The Balaban J connectivity index is 1.60. The third kappa shape index (κ3) is 4.88. The van der Waals surface area contributed by atoms with Crippen molar-refractivity contribution in [3.63, 3.8) is 0 Å². The van der Waals surface area contributed by atoms with E-state index in [1.54, 1.807) is 42.3 Å². The molecule has 5 rings (SSSR count). The second-order valence-corrected chi connectivity index (χ2v) is 11.0. The highest BCUT2D eigenvalue weighted by atomic mass is 32.2. The van der Waals surface area contributed by atoms with Crippen molar-refractivity contribution < 1.29 is 26.4 Å². The minimum Gasteiger partial charge on any atom is -0.352 e. The summed E-state index contributed by atoms with van der Waals surface area (Å²) in [4.78, 5) is 26.9. The first kappa shape index (κ1) is 25.5. The molecule has 0 aliphatic heterocycles. The lowest BCUT2D eigenvalue weighted by atomic mass is 10.1. The Morgan fingerprint density at radius 2 is 1.97 bits per heavy atom. The highest BCUT2D eigenvalue weighted by molar-refractivity contribution is 7.92. The number of rotatable bonds is 8. The van der Waals surface area contributed by atoms with Crippen molar-refractivity contribution in [3.8, 4) is 11.3 Å². The van der Waals surface area contributed by atoms with E-state index in [1.165, 1.54) is 13.1 Å². The van der Waals surface area contributed by atoms with Crippen LogP contribution < -0.4 is 14.9 Å². The lowest BCUT2D eigenvalue weighted by Crippen LogP contribution is -2.25. The number of pyridine rings is 1. The van der Waals surface area contributed by atoms with Crippen LogP contribution in [0.3, 0.4) is 0 Å². The van der Waals surface area contributed by atoms with Crippen molar-refractivity contribution >= 4 is 50.0 Å². The molecular formula is C23H23F3N8O3S. The fourth-order valence-electron chi connectivity index (χ4n) is 3.94. The molecule has 3 N–H and O–H groups in total. The van der Waals surface area contributed by atoms with Gasteiger partial charge in [-0.2, -0.15) is 0 Å². The topological polar surface area (TPSA) is 138 Å². The summed E-state index contributed by atoms with van der Waals surface area (Å²) in [6.45, 7) is 0. The number of alkyl halides is 3. The van der Waals surface area contributed by atoms with Gasteiger partial charge in [-0.05, 0) is 18.6 Å². The number of H-pyrrole nitrogens is 1. The van der Waals surface area contributed by atoms with Gasteiger partial charge in [0.25, 0.3) is 6.43 Å². The zero-order valence-electron chi connectivity index (χ0n) is 20.4. The third-order valence-corrected chi connectivity index (χ3v) is 7.39. The van der Waals surface area contributed by atoms with Crippen LogP contribution in [0.15, 0.2) is 36.8 Å². The zero-order valence-corrected chi connectivity index (χ0v) is 21.2. The lowest BCUT2D eigenvalue weighted by molar-refractivity contribution is -0.117. The molecular weight excluding hydrogens is 525 g/mol. The van der Waals surface area contributed by atoms with Gasteiger partial charge in [0.15, 0.2) is 11.5 Å². The number of hydrogen-bond donors (Lipinski definition) is 3. The molecule has 2 unspecified atom stereocenters. The normalized spacial score (nSPS) is 17.1. The fourth-order valence-corrected chi connectivity index (χ4v) is 4.45. The van der Waals surface area contributed by atoms with Gasteiger partial charge in [0.2, 0.25) is 15.9 Å². The molecule has 0 spiro atoms. The number of sulfonamides is 1. The molecule has 1 saturated carbocycles. The molecule has 4 aromatic rings. The number of halogens is 3. The maximum Gasteiger partial charge on any atom is 0.295 e. The van der Waals surface area contributed by atoms with Crippen molar-refractivity contribution in [2.24, 2.45) is 13.0 Å². The van der Waals surface area contributed by atoms with Gasteiger partial charge in [-0.1, -0.05) is 6.07 Å². The van der Waals surface area contributed by atoms with Gasteiger partial charge < -0.3 is 20.2 Å². The van der Waals surface area contributed by atoms with Gasteiger partial charge in [0.05, 0.1) is 47.5 Å². The predicted molar refractivity (Wildman–Crippen MR) is 136 cm³/mol. The Hall–Kier alpha value is -4.14. The van der Waals surface area contributed by atoms with E-state index in [4.69, 9.17) is 0 Å². The van der Waals surface area contributed by atoms with E-state index in [1.807, 2.05) is 0 Å². The fraction of sp³-hybridized carbons (Fsp3) is 0.304. The number of aromatic amines is 1. The molecule has 1 amide bonds. The summed E-state index contributed by atoms with van der Waals surface area (Å²) in [6.07, 6.45) is 0.230. The van der Waals surface area contributed by atoms with Gasteiger partial charge in [-0.15, -0.1) is 0 Å². The SMILES string of the molecule is CN(c1cc(-c2cncn2C)ccc1Nc1cc(NC(=O)C2CC2F)nc2nc(C(F)F)[nH]c12)S(C)(=O)=O. The number of hydrogen-bond acceptors (Lipinski definition) is 7. The Bertz CT molecular complexity index is 1650. The quantitative estimate of drug-likeness (QED) is 0.305. The van der Waals surface area contributed by atoms with Crippen LogP contribution in [0, 0.1) is 5.92 Å². The van der Waals surface area contributed by atoms with Gasteiger partial charge in [-0.25, -0.2) is 36.5 Å². The summed E-state index contributed by atoms with van der Waals surface area (Å²) in [5.41, 5.74) is 2.17. The van der Waals surface area contributed by atoms with E-state index in [2.05, 4.69) is 30.6 Å². The van der Waals surface area contributed by atoms with Crippen LogP contribution in [0.25, 0.3) is 22.4 Å². The Morgan fingerprint density at radius 1 is 1.24 bits per heavy atom. The molecule has 11 nitrogen and oxygen atoms in total. The largest absolute Gasteiger partial charge is 0.352 e. The second-order valence-electron chi connectivity index (χ2n) is 9.00. The van der Waals surface area contributed by atoms with E-state index in [-0.39, 0.29) is 34.8 Å². The van der Waals surface area contributed by atoms with Gasteiger partial charge >= 0.3 is 0 Å². The van der Waals surface area contributed by atoms with Crippen LogP contribution in [-0.2, 0) is 21.9 Å². The summed E-state index contributed by atoms with van der Waals surface area (Å²) in [6, 6.07) is 6.40. The zero-order chi connectivity index (χ0) is 27.4. The summed E-state index contributed by atoms with van der Waals surface area (Å²) in [7, 11) is -0.526. The molecule has 3 aromatic heterocycles. The average molecular weight is 549 g/mol. The van der Waals surface area contributed by atoms with Gasteiger partial charge in [0, 0.05) is 25.7 Å². The lowest BCUT2D eigenvalue weighted by Gasteiger charge is -2.22. The van der Waals surface area contributed by atoms with Crippen molar-refractivity contribution in [1.29, 1.82) is 0 Å². The monoisotopic (exact) mass is 548 g/mol. The maximum absolute atomic E-state index is 13.4. The Labute approximate surface area is 215 Å². The molecule has 2 atom stereocenters. The summed E-state index contributed by atoms with van der Waals surface area (Å²) >= 11 is 0. The van der Waals surface area contributed by atoms with E-state index < -0.39 is 40.3 Å². The minimum absolute atomic E-state index is 0.0269. The molecule has 1 fully saturated rings. The molecule has 38 heavy (non-hydrogen) atoms. The minimum atomic E-state index is -3.70. The second kappa shape index (κ2) is 9.31. The van der Waals surface area contributed by atoms with Crippen molar-refractivity contribution in [2.45, 2.75) is 19.0 Å². The number of fused-ring (bicyclic) bond motifs is 1. The summed E-state index contributed by atoms with van der Waals surface area (Å²) < 4.78 is 67.9. The van der Waals surface area contributed by atoms with Gasteiger partial charge in [0.1, 0.15) is 17.5 Å². The highest BCUT2D eigenvalue weighted by Gasteiger charge is 2.43. The average Bonchev–Trinajstić information content (AvgIpc) is 3.22. The number of amides is 1. The maximum atomic E-state index is 13.4. The van der Waals surface area contributed by atoms with Crippen LogP contribution >= 0.6 is 0 Å². The van der Waals surface area contributed by atoms with Crippen molar-refractivity contribution in [2.75, 3.05) is 28.2 Å². The first-order valence-corrected chi connectivity index (χ1v) is 13.2. The number of nitrogens with one attached hydrogen (secondary N) is 3. The van der Waals surface area contributed by atoms with Crippen LogP contribution in [0.1, 0.15) is 18.7 Å². The van der Waals surface area contributed by atoms with E-state index >= 15 is 0 Å². The van der Waals surface area contributed by atoms with Crippen molar-refractivity contribution in [1.82, 2.24) is 24.5 Å². The molecule has 3 heterocycles. The summed E-state index contributed by atoms with van der Waals surface area (Å²) in [5, 5.41) is 5.56. The van der Waals surface area contributed by atoms with E-state index in [0.29, 0.717) is 11.3 Å². The number of benzene rings is 1. The van der Waals surface area contributed by atoms with Crippen LogP contribution in [0.4, 0.5) is 36.1 Å². The molecule has 200 valence electrons. The molecule has 0 saturated heterocycles. The number of imidazole rings is 2. The number of carbonyl (C=O) groups excluding carboxylic acids is 1. The van der Waals surface area contributed by atoms with Gasteiger partial charge in [-0.3, -0.25) is 9.10 Å². The Morgan fingerprint density at radius 3 is 2.58 bits per heavy atom. The molecule has 15 heteroatoms. The molecule has 1 aromatic carbocycles. The number of nitrogens with zero attached hydrogens (tertiary/aromatic N) is 5. The Kier molecular flexibility index (Phi) is 6.25. The highest BCUT2D eigenvalue weighted by Crippen LogP contribution is 2.38. The van der Waals surface area contributed by atoms with Crippen LogP contribution in [0.5, 0.6) is 0 Å². The molecule has 1 aliphatic rings. The standard InChI is InChI=1S/C23H23F3N8O3S/c1-33-10-27-9-17(33)11-4-5-14(16(6-11)34(2)38(3,36)37)28-15-8-18(30-23(35)12-7-13(12)24)29-21-19(15)31-22(32-21)20(25)26/h4-6,8-10,12-13,20H,7H2,1-3H3,(H3,28,29,30,31,32,35). The molecule has 0 radical (unpaired) electrons. The van der Waals surface area contributed by atoms with Crippen LogP contribution in [0.2, 0.25) is 0 Å². The number of anilines is 4. The summed E-state index contributed by atoms with van der Waals surface area (Å²) in [5.74, 6) is -2.04. The number of aromatic nitrogens is 5. The molecule has 0 bridgehead atoms. The number of aryl methyl sites for hydroxylation is 1. The van der Waals surface area contributed by atoms with E-state index in [0.717, 1.165) is 16.3 Å². The predicted octanol–water partition coefficient (Wildman–Crippen LogP) is 3.73. The first-order chi connectivity index (χ1) is 17.9. The molecule has 1 aliphatic carbocycles. The third-order valence-electron chi connectivity index (χ3n) is 6.20. The first-order valence-electron chi connectivity index (χ1n) is 11.4.